The van der Waals surface area contributed by atoms with E-state index in [0.29, 0.717) is 0 Å². The summed E-state index contributed by atoms with van der Waals surface area (Å²) >= 11 is 0. The smallest absolute Gasteiger partial charge is 0.356 e. The molecule has 23 heavy (non-hydrogen) atoms. The zero-order chi connectivity index (χ0) is 17.5. The molecule has 2 rings (SSSR count). The number of hydrogen-bond acceptors (Lipinski definition) is 9. The molecule has 0 bridgehead atoms. The Balaban J connectivity index is 2.28. The van der Waals surface area contributed by atoms with Gasteiger partial charge in [-0.2, -0.15) is 4.98 Å². The van der Waals surface area contributed by atoms with E-state index in [2.05, 4.69) is 4.98 Å². The lowest BCUT2D eigenvalue weighted by atomic mass is 10.1. The van der Waals surface area contributed by atoms with E-state index < -0.39 is 49.8 Å². The molecule has 1 aromatic heterocycles. The van der Waals surface area contributed by atoms with Crippen LogP contribution in [0, 0.1) is 0 Å². The van der Waals surface area contributed by atoms with Crippen LogP contribution >= 0.6 is 7.60 Å². The van der Waals surface area contributed by atoms with E-state index in [9.17, 15) is 29.8 Å². The Morgan fingerprint density at radius 2 is 1.91 bits per heavy atom. The van der Waals surface area contributed by atoms with Crippen LogP contribution in [-0.4, -0.2) is 70.0 Å². The number of aliphatic hydroxyl groups excluding tert-OH is 4. The first-order valence-electron chi connectivity index (χ1n) is 6.31. The monoisotopic (exact) mass is 353 g/mol. The van der Waals surface area contributed by atoms with E-state index in [-0.39, 0.29) is 5.82 Å². The molecular weight excluding hydrogens is 337 g/mol. The van der Waals surface area contributed by atoms with Gasteiger partial charge in [0.15, 0.2) is 12.1 Å². The van der Waals surface area contributed by atoms with Crippen molar-refractivity contribution in [3.8, 4) is 0 Å². The van der Waals surface area contributed by atoms with Crippen molar-refractivity contribution in [2.45, 2.75) is 36.5 Å². The molecule has 1 aliphatic rings. The van der Waals surface area contributed by atoms with Crippen LogP contribution in [0.3, 0.4) is 0 Å². The molecule has 1 fully saturated rings. The topological polar surface area (TPSA) is 209 Å². The van der Waals surface area contributed by atoms with Crippen molar-refractivity contribution in [2.24, 2.45) is 0 Å². The van der Waals surface area contributed by atoms with Gasteiger partial charge in [0.2, 0.25) is 0 Å². The number of nitrogens with two attached hydrogens (primary N) is 1. The molecule has 1 unspecified atom stereocenters. The first-order chi connectivity index (χ1) is 10.5. The highest BCUT2D eigenvalue weighted by Gasteiger charge is 2.51. The summed E-state index contributed by atoms with van der Waals surface area (Å²) in [6.07, 6.45) is -7.86. The maximum Gasteiger partial charge on any atom is 0.356 e. The number of hydrogen-bond donors (Lipinski definition) is 7. The molecule has 6 atom stereocenters. The van der Waals surface area contributed by atoms with Gasteiger partial charge in [-0.1, -0.05) is 0 Å². The van der Waals surface area contributed by atoms with Gasteiger partial charge in [0.05, 0.1) is 0 Å². The highest BCUT2D eigenvalue weighted by molar-refractivity contribution is 7.52. The van der Waals surface area contributed by atoms with Gasteiger partial charge in [-0.25, -0.2) is 4.79 Å². The minimum atomic E-state index is -5.08. The van der Waals surface area contributed by atoms with Crippen molar-refractivity contribution in [3.63, 3.8) is 0 Å². The highest BCUT2D eigenvalue weighted by Crippen LogP contribution is 2.44. The Kier molecular flexibility index (Phi) is 4.89. The molecule has 2 heterocycles. The molecule has 0 aromatic carbocycles. The van der Waals surface area contributed by atoms with E-state index in [1.54, 1.807) is 0 Å². The number of aliphatic hydroxyl groups is 4. The van der Waals surface area contributed by atoms with E-state index in [1.165, 1.54) is 6.07 Å². The molecule has 13 heteroatoms. The van der Waals surface area contributed by atoms with Crippen molar-refractivity contribution in [1.82, 2.24) is 9.55 Å². The fraction of sp³-hybridized carbons (Fsp3) is 0.600. The average Bonchev–Trinajstić information content (AvgIpc) is 2.73. The summed E-state index contributed by atoms with van der Waals surface area (Å²) in [6.45, 7) is 0. The number of aromatic nitrogens is 2. The molecule has 12 nitrogen and oxygen atoms in total. The molecule has 0 radical (unpaired) electrons. The predicted octanol–water partition coefficient (Wildman–Crippen LogP) is -3.70. The van der Waals surface area contributed by atoms with E-state index in [4.69, 9.17) is 20.3 Å². The number of nitrogens with zero attached hydrogens (tertiary/aromatic N) is 2. The lowest BCUT2D eigenvalue weighted by molar-refractivity contribution is -0.109. The molecule has 130 valence electrons. The third-order valence-corrected chi connectivity index (χ3v) is 4.38. The van der Waals surface area contributed by atoms with Gasteiger partial charge in [0, 0.05) is 6.20 Å². The Hall–Kier alpha value is -1.37. The van der Waals surface area contributed by atoms with Gasteiger partial charge in [-0.3, -0.25) is 9.13 Å². The van der Waals surface area contributed by atoms with Gasteiger partial charge in [0.1, 0.15) is 30.2 Å². The number of rotatable bonds is 4. The summed E-state index contributed by atoms with van der Waals surface area (Å²) in [4.78, 5) is 32.8. The fourth-order valence-corrected chi connectivity index (χ4v) is 2.75. The predicted molar refractivity (Wildman–Crippen MR) is 72.9 cm³/mol. The second-order valence-electron chi connectivity index (χ2n) is 5.01. The van der Waals surface area contributed by atoms with Crippen LogP contribution < -0.4 is 11.4 Å². The molecule has 1 aromatic rings. The molecule has 0 aliphatic carbocycles. The molecule has 0 saturated carbocycles. The standard InChI is InChI=1S/C10H16N3O9P/c11-3-1-2-13(10(18)12-3)8-5(15)4(14)7(22-8)6(16)9(17)23(19,20)21/h1-2,4-9,14-17H,(H2,11,12,18)(H2,19,20,21)/t4-,5+,6-,7-,8+,9?/m0/s1. The molecular formula is C10H16N3O9P. The fourth-order valence-electron chi connectivity index (χ4n) is 2.19. The van der Waals surface area contributed by atoms with Gasteiger partial charge in [-0.15, -0.1) is 0 Å². The SMILES string of the molecule is Nc1ccn([C@@H]2O[C@H]([C@H](O)C(O)P(=O)(O)O)[C@@H](O)[C@H]2O)c(=O)n1. The first kappa shape index (κ1) is 18.0. The summed E-state index contributed by atoms with van der Waals surface area (Å²) in [5.74, 6) is -2.62. The quantitative estimate of drug-likeness (QED) is 0.262. The van der Waals surface area contributed by atoms with E-state index >= 15 is 0 Å². The second-order valence-corrected chi connectivity index (χ2v) is 6.72. The third-order valence-electron chi connectivity index (χ3n) is 3.39. The molecule has 0 amide bonds. The first-order valence-corrected chi connectivity index (χ1v) is 8.00. The summed E-state index contributed by atoms with van der Waals surface area (Å²) in [5.41, 5.74) is 4.40. The zero-order valence-corrected chi connectivity index (χ0v) is 12.3. The summed E-state index contributed by atoms with van der Waals surface area (Å²) in [5, 5.41) is 38.9. The third kappa shape index (κ3) is 3.44. The normalized spacial score (nSPS) is 31.0. The molecule has 1 saturated heterocycles. The van der Waals surface area contributed by atoms with E-state index in [0.717, 1.165) is 10.8 Å². The number of nitrogen functional groups attached to an aromatic ring is 1. The lowest BCUT2D eigenvalue weighted by Gasteiger charge is -2.25. The maximum absolute atomic E-state index is 11.7. The highest BCUT2D eigenvalue weighted by atomic mass is 31.2. The van der Waals surface area contributed by atoms with Crippen LogP contribution in [0.4, 0.5) is 5.82 Å². The zero-order valence-electron chi connectivity index (χ0n) is 11.4. The minimum Gasteiger partial charge on any atom is -0.387 e. The van der Waals surface area contributed by atoms with Crippen molar-refractivity contribution in [1.29, 1.82) is 0 Å². The Morgan fingerprint density at radius 1 is 1.30 bits per heavy atom. The molecule has 0 spiro atoms. The van der Waals surface area contributed by atoms with Crippen LogP contribution in [0.1, 0.15) is 6.23 Å². The summed E-state index contributed by atoms with van der Waals surface area (Å²) in [7, 11) is -5.08. The Labute approximate surface area is 128 Å². The van der Waals surface area contributed by atoms with Crippen molar-refractivity contribution in [2.75, 3.05) is 5.73 Å². The van der Waals surface area contributed by atoms with Crippen LogP contribution in [0.2, 0.25) is 0 Å². The molecule has 1 aliphatic heterocycles. The maximum atomic E-state index is 11.7. The van der Waals surface area contributed by atoms with Gasteiger partial charge in [0.25, 0.3) is 0 Å². The second kappa shape index (κ2) is 6.26. The Bertz CT molecular complexity index is 676. The van der Waals surface area contributed by atoms with E-state index in [1.807, 2.05) is 0 Å². The number of ether oxygens (including phenoxy) is 1. The van der Waals surface area contributed by atoms with Crippen LogP contribution in [0.5, 0.6) is 0 Å². The van der Waals surface area contributed by atoms with Crippen LogP contribution in [0.15, 0.2) is 17.1 Å². The summed E-state index contributed by atoms with van der Waals surface area (Å²) in [6, 6.07) is 1.22. The molecule has 8 N–H and O–H groups in total. The van der Waals surface area contributed by atoms with Crippen molar-refractivity contribution in [3.05, 3.63) is 22.7 Å². The number of anilines is 1. The Morgan fingerprint density at radius 3 is 2.43 bits per heavy atom. The largest absolute Gasteiger partial charge is 0.387 e. The van der Waals surface area contributed by atoms with Crippen LogP contribution in [-0.2, 0) is 9.30 Å². The average molecular weight is 353 g/mol. The van der Waals surface area contributed by atoms with Crippen molar-refractivity contribution >= 4 is 13.4 Å². The van der Waals surface area contributed by atoms with Gasteiger partial charge in [-0.05, 0) is 6.07 Å². The lowest BCUT2D eigenvalue weighted by Crippen LogP contribution is -2.44. The van der Waals surface area contributed by atoms with Gasteiger partial charge < -0.3 is 40.7 Å². The van der Waals surface area contributed by atoms with Gasteiger partial charge >= 0.3 is 13.3 Å². The van der Waals surface area contributed by atoms with Crippen molar-refractivity contribution < 1.29 is 39.5 Å². The summed E-state index contributed by atoms with van der Waals surface area (Å²) < 4.78 is 16.8. The minimum absolute atomic E-state index is 0.0900. The van der Waals surface area contributed by atoms with Crippen LogP contribution in [0.25, 0.3) is 0 Å².